The molecular weight excluding hydrogens is 805 g/mol. The number of ketones is 1. The Balaban J connectivity index is 4.53. The van der Waals surface area contributed by atoms with Crippen LogP contribution < -0.4 is 0 Å². The average molecular weight is 814 g/mol. The maximum atomic E-state index is 15.0. The van der Waals surface area contributed by atoms with Gasteiger partial charge in [0.05, 0.1) is 0 Å². The molecule has 298 valence electrons. The summed E-state index contributed by atoms with van der Waals surface area (Å²) in [7, 11) is 0. The molecule has 0 aromatic heterocycles. The first-order chi connectivity index (χ1) is 21.1. The highest BCUT2D eigenvalue weighted by molar-refractivity contribution is 5.92. The minimum Gasteiger partial charge on any atom is -0.376 e. The maximum Gasteiger partial charge on any atom is 0.460 e. The summed E-state index contributed by atoms with van der Waals surface area (Å²) in [6.07, 6.45) is -36.3. The lowest BCUT2D eigenvalue weighted by Gasteiger charge is -2.50. The van der Waals surface area contributed by atoms with Crippen LogP contribution in [0.3, 0.4) is 0 Å². The average Bonchev–Trinajstić information content (AvgIpc) is 3.19. The molecule has 0 saturated carbocycles. The SMILES string of the molecule is CC1(C)O[C@@H](C(O)(C(F)(F)C(F)(F)C(F)(F)C(F)(F)F)C(F)(F)C(F)(F)C(F)(F)C(F)(F)F)[C@H](C(=O)C(F)(F)C(F)(F)C(F)(F)C(F)(F)F)O1. The molecule has 1 fully saturated rings. The van der Waals surface area contributed by atoms with E-state index in [0.29, 0.717) is 0 Å². The summed E-state index contributed by atoms with van der Waals surface area (Å²) in [5.74, 6) is -88.6. The van der Waals surface area contributed by atoms with E-state index in [1.807, 2.05) is 0 Å². The van der Waals surface area contributed by atoms with E-state index in [1.54, 1.807) is 0 Å². The van der Waals surface area contributed by atoms with E-state index >= 15 is 17.6 Å². The molecule has 0 aromatic carbocycles. The molecule has 1 aliphatic heterocycles. The molecule has 0 radical (unpaired) electrons. The van der Waals surface area contributed by atoms with Crippen molar-refractivity contribution in [3.63, 3.8) is 0 Å². The molecule has 0 aliphatic carbocycles. The highest BCUT2D eigenvalue weighted by atomic mass is 19.4. The Bertz CT molecular complexity index is 1240. The molecule has 0 bridgehead atoms. The number of aliphatic hydroxyl groups is 1. The van der Waals surface area contributed by atoms with E-state index in [-0.39, 0.29) is 13.8 Å². The van der Waals surface area contributed by atoms with Crippen LogP contribution in [-0.2, 0) is 14.3 Å². The summed E-state index contributed by atoms with van der Waals surface area (Å²) in [4.78, 5) is 12.1. The Morgan fingerprint density at radius 2 is 0.700 bits per heavy atom. The Morgan fingerprint density at radius 1 is 0.440 bits per heavy atom. The van der Waals surface area contributed by atoms with Crippen LogP contribution in [0, 0.1) is 0 Å². The van der Waals surface area contributed by atoms with Crippen molar-refractivity contribution in [3.05, 3.63) is 0 Å². The van der Waals surface area contributed by atoms with Gasteiger partial charge < -0.3 is 14.6 Å². The van der Waals surface area contributed by atoms with Crippen LogP contribution in [-0.4, -0.2) is 106 Å². The molecule has 1 heterocycles. The van der Waals surface area contributed by atoms with E-state index < -0.39 is 101 Å². The molecule has 4 nitrogen and oxygen atoms in total. The molecule has 50 heavy (non-hydrogen) atoms. The zero-order chi connectivity index (χ0) is 41.1. The van der Waals surface area contributed by atoms with Gasteiger partial charge in [0, 0.05) is 0 Å². The second-order valence-corrected chi connectivity index (χ2v) is 10.3. The van der Waals surface area contributed by atoms with Gasteiger partial charge in [-0.25, -0.2) is 0 Å². The van der Waals surface area contributed by atoms with Crippen molar-refractivity contribution in [1.82, 2.24) is 0 Å². The van der Waals surface area contributed by atoms with Gasteiger partial charge in [0.1, 0.15) is 6.10 Å². The van der Waals surface area contributed by atoms with Crippen molar-refractivity contribution in [2.75, 3.05) is 0 Å². The Hall–Kier alpha value is -2.34. The van der Waals surface area contributed by atoms with Gasteiger partial charge in [0.15, 0.2) is 11.9 Å². The largest absolute Gasteiger partial charge is 0.460 e. The fourth-order valence-corrected chi connectivity index (χ4v) is 3.75. The first kappa shape index (κ1) is 45.7. The minimum absolute atomic E-state index is 0.379. The van der Waals surface area contributed by atoms with Gasteiger partial charge in [-0.15, -0.1) is 0 Å². The standard InChI is InChI=1S/C19H9F27O4/c1-6(2)49-3(4(47)8(20,21)11(26,27)14(32,33)17(38,39)40)5(50-6)7(48,9(22,23)12(28,29)15(34,35)18(41,42)43)10(24,25)13(30,31)16(36,37)19(44,45)46/h3,5,48H,1-2H3/t3-,5+/m0/s1. The molecule has 0 aromatic rings. The number of alkyl halides is 27. The van der Waals surface area contributed by atoms with Gasteiger partial charge in [-0.3, -0.25) is 4.79 Å². The summed E-state index contributed by atoms with van der Waals surface area (Å²) < 4.78 is 374. The van der Waals surface area contributed by atoms with Crippen molar-refractivity contribution in [2.24, 2.45) is 0 Å². The van der Waals surface area contributed by atoms with Gasteiger partial charge in [0.2, 0.25) is 11.4 Å². The topological polar surface area (TPSA) is 55.8 Å². The normalized spacial score (nSPS) is 21.9. The molecule has 0 unspecified atom stereocenters. The molecule has 31 heteroatoms. The van der Waals surface area contributed by atoms with E-state index in [2.05, 4.69) is 9.47 Å². The second kappa shape index (κ2) is 11.3. The molecule has 1 saturated heterocycles. The number of rotatable bonds is 11. The smallest absolute Gasteiger partial charge is 0.376 e. The van der Waals surface area contributed by atoms with Gasteiger partial charge in [-0.1, -0.05) is 0 Å². The highest BCUT2D eigenvalue weighted by Crippen LogP contribution is 2.66. The van der Waals surface area contributed by atoms with Gasteiger partial charge in [-0.05, 0) is 13.8 Å². The summed E-state index contributed by atoms with van der Waals surface area (Å²) in [6.45, 7) is -0.759. The number of Topliss-reactive ketones (excluding diaryl/α,β-unsaturated/α-hetero) is 1. The predicted octanol–water partition coefficient (Wildman–Crippen LogP) is 8.21. The molecule has 1 rings (SSSR count). The van der Waals surface area contributed by atoms with Gasteiger partial charge in [-0.2, -0.15) is 119 Å². The second-order valence-electron chi connectivity index (χ2n) is 10.3. The monoisotopic (exact) mass is 814 g/mol. The summed E-state index contributed by atoms with van der Waals surface area (Å²) in [6, 6.07) is 0. The van der Waals surface area contributed by atoms with Crippen LogP contribution in [0.15, 0.2) is 0 Å². The van der Waals surface area contributed by atoms with Crippen molar-refractivity contribution in [1.29, 1.82) is 0 Å². The van der Waals surface area contributed by atoms with Crippen LogP contribution in [0.2, 0.25) is 0 Å². The van der Waals surface area contributed by atoms with E-state index in [4.69, 9.17) is 0 Å². The number of hydrogen-bond donors (Lipinski definition) is 1. The first-order valence-electron chi connectivity index (χ1n) is 11.3. The first-order valence-corrected chi connectivity index (χ1v) is 11.3. The molecule has 0 spiro atoms. The Kier molecular flexibility index (Phi) is 10.4. The van der Waals surface area contributed by atoms with Gasteiger partial charge in [0.25, 0.3) is 0 Å². The number of hydrogen-bond acceptors (Lipinski definition) is 4. The lowest BCUT2D eigenvalue weighted by Crippen LogP contribution is -2.83. The Labute approximate surface area is 254 Å². The number of carbonyl (C=O) groups is 1. The number of halogens is 27. The van der Waals surface area contributed by atoms with E-state index in [9.17, 15) is 111 Å². The van der Waals surface area contributed by atoms with Crippen LogP contribution in [0.25, 0.3) is 0 Å². The van der Waals surface area contributed by atoms with Crippen molar-refractivity contribution >= 4 is 5.78 Å². The molecule has 1 N–H and O–H groups in total. The number of carbonyl (C=O) groups excluding carboxylic acids is 1. The van der Waals surface area contributed by atoms with E-state index in [1.165, 1.54) is 0 Å². The quantitative estimate of drug-likeness (QED) is 0.214. The maximum absolute atomic E-state index is 15.0. The summed E-state index contributed by atoms with van der Waals surface area (Å²) in [5, 5.41) is 9.93. The van der Waals surface area contributed by atoms with Crippen LogP contribution in [0.5, 0.6) is 0 Å². The van der Waals surface area contributed by atoms with E-state index in [0.717, 1.165) is 0 Å². The highest BCUT2D eigenvalue weighted by Gasteiger charge is 2.97. The third-order valence-corrected chi connectivity index (χ3v) is 6.47. The molecule has 0 amide bonds. The van der Waals surface area contributed by atoms with Crippen LogP contribution in [0.4, 0.5) is 119 Å². The molecule has 2 atom stereocenters. The third kappa shape index (κ3) is 5.68. The lowest BCUT2D eigenvalue weighted by molar-refractivity contribution is -0.474. The van der Waals surface area contributed by atoms with Gasteiger partial charge >= 0.3 is 71.8 Å². The third-order valence-electron chi connectivity index (χ3n) is 6.47. The summed E-state index contributed by atoms with van der Waals surface area (Å²) in [5.41, 5.74) is -8.68. The number of ether oxygens (including phenoxy) is 2. The van der Waals surface area contributed by atoms with Crippen molar-refractivity contribution in [3.8, 4) is 0 Å². The van der Waals surface area contributed by atoms with Crippen LogP contribution >= 0.6 is 0 Å². The minimum atomic E-state index is -9.30. The van der Waals surface area contributed by atoms with Crippen molar-refractivity contribution < 1.29 is 138 Å². The zero-order valence-corrected chi connectivity index (χ0v) is 22.5. The lowest BCUT2D eigenvalue weighted by atomic mass is 9.72. The summed E-state index contributed by atoms with van der Waals surface area (Å²) >= 11 is 0. The zero-order valence-electron chi connectivity index (χ0n) is 22.5. The predicted molar refractivity (Wildman–Crippen MR) is 96.5 cm³/mol. The Morgan fingerprint density at radius 3 is 0.960 bits per heavy atom. The molecule has 1 aliphatic rings. The van der Waals surface area contributed by atoms with Crippen molar-refractivity contribution in [2.45, 2.75) is 109 Å². The van der Waals surface area contributed by atoms with Crippen LogP contribution in [0.1, 0.15) is 13.8 Å². The fraction of sp³-hybridized carbons (Fsp3) is 0.947. The fourth-order valence-electron chi connectivity index (χ4n) is 3.75. The molecular formula is C19H9F27O4.